The van der Waals surface area contributed by atoms with Crippen molar-refractivity contribution < 1.29 is 13.2 Å². The van der Waals surface area contributed by atoms with Gasteiger partial charge in [0.15, 0.2) is 4.50 Å². The van der Waals surface area contributed by atoms with Crippen LogP contribution >= 0.6 is 24.2 Å². The number of nitrogens with zero attached hydrogens (tertiary/aromatic N) is 2. The molecule has 64 valence electrons. The predicted molar refractivity (Wildman–Crippen MR) is 41.7 cm³/mol. The monoisotopic (exact) mass is 204 g/mol. The third kappa shape index (κ3) is 4.26. The molecule has 0 saturated heterocycles. The highest BCUT2D eigenvalue weighted by atomic mass is 35.5. The van der Waals surface area contributed by atoms with Crippen LogP contribution in [0.2, 0.25) is 0 Å². The maximum absolute atomic E-state index is 11.8. The minimum absolute atomic E-state index is 0.497. The third-order valence-electron chi connectivity index (χ3n) is 0.664. The van der Waals surface area contributed by atoms with E-state index >= 15 is 0 Å². The van der Waals surface area contributed by atoms with Gasteiger partial charge in [-0.3, -0.25) is 4.99 Å². The Kier molecular flexibility index (Phi) is 3.88. The van der Waals surface area contributed by atoms with Gasteiger partial charge in [-0.2, -0.15) is 13.2 Å². The lowest BCUT2D eigenvalue weighted by atomic mass is 10.6. The van der Waals surface area contributed by atoms with Gasteiger partial charge in [0.25, 0.3) is 0 Å². The van der Waals surface area contributed by atoms with Crippen molar-refractivity contribution in [1.82, 2.24) is 0 Å². The molecule has 0 atom stereocenters. The molecule has 0 bridgehead atoms. The first-order valence-electron chi connectivity index (χ1n) is 2.35. The van der Waals surface area contributed by atoms with E-state index < -0.39 is 16.5 Å². The maximum atomic E-state index is 11.8. The maximum Gasteiger partial charge on any atom is 0.451 e. The van der Waals surface area contributed by atoms with Gasteiger partial charge in [0.1, 0.15) is 0 Å². The second-order valence-electron chi connectivity index (χ2n) is 1.43. The fourth-order valence-electron chi connectivity index (χ4n) is 0.328. The van der Waals surface area contributed by atoms with Crippen molar-refractivity contribution in [1.29, 1.82) is 0 Å². The largest absolute Gasteiger partial charge is 0.451 e. The van der Waals surface area contributed by atoms with Crippen molar-refractivity contribution in [2.45, 2.75) is 6.18 Å². The van der Waals surface area contributed by atoms with Crippen LogP contribution in [0.25, 0.3) is 0 Å². The SMILES string of the molecule is C/N=C(\N=C(/S)Cl)C(F)(F)F. The molecule has 0 aliphatic heterocycles. The van der Waals surface area contributed by atoms with Gasteiger partial charge in [-0.25, -0.2) is 4.99 Å². The summed E-state index contributed by atoms with van der Waals surface area (Å²) in [6, 6.07) is 0. The van der Waals surface area contributed by atoms with E-state index in [-0.39, 0.29) is 0 Å². The fraction of sp³-hybridized carbons (Fsp3) is 0.500. The number of thiol groups is 1. The van der Waals surface area contributed by atoms with Gasteiger partial charge in [-0.1, -0.05) is 11.6 Å². The molecule has 7 heteroatoms. The first kappa shape index (κ1) is 10.8. The number of hydrogen-bond donors (Lipinski definition) is 1. The predicted octanol–water partition coefficient (Wildman–Crippen LogP) is 2.10. The summed E-state index contributed by atoms with van der Waals surface area (Å²) in [5.74, 6) is -1.29. The lowest BCUT2D eigenvalue weighted by Crippen LogP contribution is -2.21. The third-order valence-corrected chi connectivity index (χ3v) is 0.848. The molecule has 0 aromatic heterocycles. The van der Waals surface area contributed by atoms with Crippen molar-refractivity contribution in [2.24, 2.45) is 9.98 Å². The summed E-state index contributed by atoms with van der Waals surface area (Å²) in [7, 11) is 0.972. The van der Waals surface area contributed by atoms with Crippen molar-refractivity contribution >= 4 is 34.6 Å². The van der Waals surface area contributed by atoms with Crippen molar-refractivity contribution in [3.8, 4) is 0 Å². The average Bonchev–Trinajstić information content (AvgIpc) is 1.79. The molecule has 0 heterocycles. The summed E-state index contributed by atoms with van der Waals surface area (Å²) >= 11 is 8.35. The van der Waals surface area contributed by atoms with Crippen LogP contribution < -0.4 is 0 Å². The van der Waals surface area contributed by atoms with Gasteiger partial charge < -0.3 is 0 Å². The molecule has 0 spiro atoms. The Morgan fingerprint density at radius 2 is 1.91 bits per heavy atom. The smallest absolute Gasteiger partial charge is 0.266 e. The topological polar surface area (TPSA) is 24.7 Å². The van der Waals surface area contributed by atoms with Gasteiger partial charge in [0, 0.05) is 7.05 Å². The number of aliphatic imine (C=N–C) groups is 2. The standard InChI is InChI=1S/C4H4ClF3N2S/c1-9-2(4(6,7)8)10-3(5)11/h1H3,(H,9,10,11). The first-order chi connectivity index (χ1) is 4.88. The zero-order valence-corrected chi connectivity index (χ0v) is 7.00. The highest BCUT2D eigenvalue weighted by Crippen LogP contribution is 2.18. The molecule has 0 saturated carbocycles. The summed E-state index contributed by atoms with van der Waals surface area (Å²) in [6.45, 7) is 0. The second kappa shape index (κ2) is 3.96. The van der Waals surface area contributed by atoms with Crippen molar-refractivity contribution in [3.63, 3.8) is 0 Å². The van der Waals surface area contributed by atoms with Gasteiger partial charge >= 0.3 is 6.18 Å². The molecule has 0 rings (SSSR count). The van der Waals surface area contributed by atoms with Gasteiger partial charge in [-0.05, 0) is 0 Å². The van der Waals surface area contributed by atoms with Crippen LogP contribution in [0.4, 0.5) is 13.2 Å². The molecule has 0 aromatic rings. The number of hydrogen-bond acceptors (Lipinski definition) is 1. The van der Waals surface area contributed by atoms with E-state index in [0.717, 1.165) is 7.05 Å². The molecule has 11 heavy (non-hydrogen) atoms. The average molecular weight is 205 g/mol. The molecule has 0 N–H and O–H groups in total. The summed E-state index contributed by atoms with van der Waals surface area (Å²) in [5.41, 5.74) is 0. The van der Waals surface area contributed by atoms with Crippen LogP contribution in [0.3, 0.4) is 0 Å². The zero-order valence-electron chi connectivity index (χ0n) is 5.35. The van der Waals surface area contributed by atoms with Gasteiger partial charge in [-0.15, -0.1) is 12.6 Å². The summed E-state index contributed by atoms with van der Waals surface area (Å²) in [5, 5.41) is 0. The quantitative estimate of drug-likeness (QED) is 0.355. The zero-order chi connectivity index (χ0) is 9.07. The Morgan fingerprint density at radius 1 is 1.45 bits per heavy atom. The highest BCUT2D eigenvalue weighted by molar-refractivity contribution is 8.00. The fourth-order valence-corrected chi connectivity index (χ4v) is 0.502. The van der Waals surface area contributed by atoms with E-state index in [0.29, 0.717) is 0 Å². The summed E-state index contributed by atoms with van der Waals surface area (Å²) < 4.78 is 34.8. The van der Waals surface area contributed by atoms with Crippen LogP contribution in [0.1, 0.15) is 0 Å². The molecule has 0 amide bonds. The normalized spacial score (nSPS) is 15.5. The van der Waals surface area contributed by atoms with Crippen LogP contribution in [0.5, 0.6) is 0 Å². The van der Waals surface area contributed by atoms with Crippen molar-refractivity contribution in [2.75, 3.05) is 7.05 Å². The highest BCUT2D eigenvalue weighted by Gasteiger charge is 2.35. The number of amidine groups is 1. The van der Waals surface area contributed by atoms with E-state index in [2.05, 4.69) is 22.6 Å². The molecule has 0 aliphatic rings. The molecular weight excluding hydrogens is 201 g/mol. The van der Waals surface area contributed by atoms with Crippen LogP contribution in [0.15, 0.2) is 9.98 Å². The lowest BCUT2D eigenvalue weighted by Gasteiger charge is -2.03. The molecule has 0 fully saturated rings. The molecule has 0 aromatic carbocycles. The molecule has 0 unspecified atom stereocenters. The minimum atomic E-state index is -4.57. The van der Waals surface area contributed by atoms with Crippen LogP contribution in [-0.4, -0.2) is 23.6 Å². The van der Waals surface area contributed by atoms with E-state index in [1.54, 1.807) is 0 Å². The van der Waals surface area contributed by atoms with Crippen molar-refractivity contribution in [3.05, 3.63) is 0 Å². The van der Waals surface area contributed by atoms with E-state index in [1.165, 1.54) is 0 Å². The van der Waals surface area contributed by atoms with E-state index in [1.807, 2.05) is 0 Å². The van der Waals surface area contributed by atoms with E-state index in [4.69, 9.17) is 11.6 Å². The molecular formula is C4H4ClF3N2S. The Balaban J connectivity index is 4.60. The number of rotatable bonds is 0. The minimum Gasteiger partial charge on any atom is -0.266 e. The number of halogens is 4. The second-order valence-corrected chi connectivity index (χ2v) is 2.47. The Hall–Kier alpha value is -0.230. The lowest BCUT2D eigenvalue weighted by molar-refractivity contribution is -0.0597. The molecule has 0 radical (unpaired) electrons. The summed E-state index contributed by atoms with van der Waals surface area (Å²) in [6.07, 6.45) is -4.57. The molecule has 2 nitrogen and oxygen atoms in total. The number of alkyl halides is 3. The van der Waals surface area contributed by atoms with Gasteiger partial charge in [0.2, 0.25) is 5.84 Å². The van der Waals surface area contributed by atoms with E-state index in [9.17, 15) is 13.2 Å². The Bertz CT molecular complexity index is 194. The Labute approximate surface area is 71.6 Å². The molecule has 0 aliphatic carbocycles. The van der Waals surface area contributed by atoms with Gasteiger partial charge in [0.05, 0.1) is 0 Å². The first-order valence-corrected chi connectivity index (χ1v) is 3.17. The Morgan fingerprint density at radius 3 is 2.00 bits per heavy atom. The summed E-state index contributed by atoms with van der Waals surface area (Å²) in [4.78, 5) is 5.71. The van der Waals surface area contributed by atoms with Crippen LogP contribution in [0, 0.1) is 0 Å². The van der Waals surface area contributed by atoms with Crippen LogP contribution in [-0.2, 0) is 0 Å².